The number of hydrogen-bond donors (Lipinski definition) is 1. The van der Waals surface area contributed by atoms with Crippen LogP contribution in [0.3, 0.4) is 0 Å². The Labute approximate surface area is 138 Å². The van der Waals surface area contributed by atoms with Crippen LogP contribution >= 0.6 is 24.0 Å². The van der Waals surface area contributed by atoms with Gasteiger partial charge in [0.1, 0.15) is 10.1 Å². The molecule has 1 aromatic carbocycles. The quantitative estimate of drug-likeness (QED) is 0.612. The molecule has 1 aliphatic heterocycles. The van der Waals surface area contributed by atoms with Crippen molar-refractivity contribution < 1.29 is 14.0 Å². The van der Waals surface area contributed by atoms with E-state index in [1.54, 1.807) is 17.0 Å². The summed E-state index contributed by atoms with van der Waals surface area (Å²) >= 11 is 6.47. The van der Waals surface area contributed by atoms with Crippen molar-refractivity contribution in [3.8, 4) is 0 Å². The summed E-state index contributed by atoms with van der Waals surface area (Å²) in [4.78, 5) is 24.8. The van der Waals surface area contributed by atoms with Crippen LogP contribution in [0.2, 0.25) is 0 Å². The van der Waals surface area contributed by atoms with Gasteiger partial charge in [0.05, 0.1) is 5.75 Å². The van der Waals surface area contributed by atoms with Gasteiger partial charge >= 0.3 is 0 Å². The van der Waals surface area contributed by atoms with E-state index in [0.29, 0.717) is 36.0 Å². The van der Waals surface area contributed by atoms with Crippen LogP contribution in [-0.2, 0) is 16.1 Å². The second-order valence-corrected chi connectivity index (χ2v) is 6.57. The highest BCUT2D eigenvalue weighted by atomic mass is 32.2. The van der Waals surface area contributed by atoms with Crippen molar-refractivity contribution in [1.29, 1.82) is 0 Å². The van der Waals surface area contributed by atoms with Gasteiger partial charge in [-0.3, -0.25) is 14.5 Å². The van der Waals surface area contributed by atoms with Crippen LogP contribution in [0.25, 0.3) is 0 Å². The van der Waals surface area contributed by atoms with Crippen molar-refractivity contribution in [3.63, 3.8) is 0 Å². The molecule has 0 radical (unpaired) electrons. The van der Waals surface area contributed by atoms with Crippen molar-refractivity contribution >= 4 is 40.1 Å². The first-order chi connectivity index (χ1) is 10.6. The largest absolute Gasteiger partial charge is 0.352 e. The third-order valence-electron chi connectivity index (χ3n) is 3.28. The van der Waals surface area contributed by atoms with Crippen LogP contribution in [0.4, 0.5) is 4.39 Å². The average Bonchev–Trinajstić information content (AvgIpc) is 2.82. The first-order valence-electron chi connectivity index (χ1n) is 7.04. The fraction of sp³-hybridized carbons (Fsp3) is 0.400. The van der Waals surface area contributed by atoms with Crippen LogP contribution in [0.1, 0.15) is 24.8 Å². The number of nitrogens with zero attached hydrogens (tertiary/aromatic N) is 1. The molecule has 0 aliphatic carbocycles. The molecule has 1 saturated heterocycles. The molecule has 0 aromatic heterocycles. The fourth-order valence-corrected chi connectivity index (χ4v) is 3.17. The molecule has 1 heterocycles. The number of unbranched alkanes of at least 4 members (excludes halogenated alkanes) is 1. The van der Waals surface area contributed by atoms with Gasteiger partial charge in [-0.2, -0.15) is 0 Å². The average molecular weight is 340 g/mol. The number of carbonyl (C=O) groups excluding carboxylic acids is 2. The number of benzene rings is 1. The number of carbonyl (C=O) groups is 2. The predicted molar refractivity (Wildman–Crippen MR) is 88.9 cm³/mol. The van der Waals surface area contributed by atoms with Crippen LogP contribution in [0.15, 0.2) is 24.3 Å². The molecule has 1 fully saturated rings. The lowest BCUT2D eigenvalue weighted by atomic mass is 10.2. The number of thiocarbonyl (C=S) groups is 1. The molecule has 1 N–H and O–H groups in total. The number of rotatable bonds is 7. The Balaban J connectivity index is 1.60. The number of hydrogen-bond acceptors (Lipinski definition) is 4. The lowest BCUT2D eigenvalue weighted by Gasteiger charge is -2.14. The minimum absolute atomic E-state index is 0.0472. The Morgan fingerprint density at radius 1 is 1.32 bits per heavy atom. The number of halogens is 1. The van der Waals surface area contributed by atoms with Crippen molar-refractivity contribution in [2.45, 2.75) is 25.8 Å². The van der Waals surface area contributed by atoms with E-state index in [1.165, 1.54) is 23.9 Å². The van der Waals surface area contributed by atoms with Gasteiger partial charge in [0, 0.05) is 19.5 Å². The van der Waals surface area contributed by atoms with E-state index in [1.807, 2.05) is 0 Å². The van der Waals surface area contributed by atoms with E-state index in [-0.39, 0.29) is 17.6 Å². The topological polar surface area (TPSA) is 49.4 Å². The molecule has 22 heavy (non-hydrogen) atoms. The van der Waals surface area contributed by atoms with Gasteiger partial charge in [0.2, 0.25) is 11.8 Å². The Morgan fingerprint density at radius 3 is 2.68 bits per heavy atom. The van der Waals surface area contributed by atoms with Crippen molar-refractivity contribution in [1.82, 2.24) is 10.2 Å². The maximum absolute atomic E-state index is 12.7. The van der Waals surface area contributed by atoms with Gasteiger partial charge in [0.15, 0.2) is 0 Å². The van der Waals surface area contributed by atoms with Gasteiger partial charge in [0.25, 0.3) is 0 Å². The lowest BCUT2D eigenvalue weighted by Crippen LogP contribution is -2.29. The molecular weight excluding hydrogens is 323 g/mol. The summed E-state index contributed by atoms with van der Waals surface area (Å²) < 4.78 is 13.4. The van der Waals surface area contributed by atoms with Gasteiger partial charge < -0.3 is 5.32 Å². The summed E-state index contributed by atoms with van der Waals surface area (Å²) in [5.74, 6) is 0.143. The molecule has 7 heteroatoms. The van der Waals surface area contributed by atoms with Crippen molar-refractivity contribution in [3.05, 3.63) is 35.6 Å². The summed E-state index contributed by atoms with van der Waals surface area (Å²) in [5, 5.41) is 2.79. The summed E-state index contributed by atoms with van der Waals surface area (Å²) in [6.45, 7) is 0.973. The Bertz CT molecular complexity index is 547. The number of thioether (sulfide) groups is 1. The highest BCUT2D eigenvalue weighted by molar-refractivity contribution is 8.23. The Kier molecular flexibility index (Phi) is 6.33. The highest BCUT2D eigenvalue weighted by Crippen LogP contribution is 2.19. The van der Waals surface area contributed by atoms with Crippen LogP contribution in [-0.4, -0.2) is 33.3 Å². The molecule has 2 amide bonds. The smallest absolute Gasteiger partial charge is 0.238 e. The second kappa shape index (κ2) is 8.24. The first kappa shape index (κ1) is 16.9. The van der Waals surface area contributed by atoms with Crippen molar-refractivity contribution in [2.75, 3.05) is 12.3 Å². The third kappa shape index (κ3) is 5.06. The maximum atomic E-state index is 12.7. The fourth-order valence-electron chi connectivity index (χ4n) is 2.04. The van der Waals surface area contributed by atoms with E-state index in [9.17, 15) is 14.0 Å². The molecule has 1 aromatic rings. The zero-order chi connectivity index (χ0) is 15.9. The van der Waals surface area contributed by atoms with Gasteiger partial charge in [-0.15, -0.1) is 0 Å². The SMILES string of the molecule is O=C(CCCCN1C(=O)CSC1=S)NCc1ccc(F)cc1. The molecule has 4 nitrogen and oxygen atoms in total. The minimum Gasteiger partial charge on any atom is -0.352 e. The Hall–Kier alpha value is -1.47. The molecule has 0 atom stereocenters. The minimum atomic E-state index is -0.289. The van der Waals surface area contributed by atoms with E-state index in [2.05, 4.69) is 5.32 Å². The molecule has 0 spiro atoms. The van der Waals surface area contributed by atoms with Crippen molar-refractivity contribution in [2.24, 2.45) is 0 Å². The summed E-state index contributed by atoms with van der Waals surface area (Å²) in [6, 6.07) is 6.03. The summed E-state index contributed by atoms with van der Waals surface area (Å²) in [5.41, 5.74) is 0.861. The highest BCUT2D eigenvalue weighted by Gasteiger charge is 2.25. The number of amides is 2. The third-order valence-corrected chi connectivity index (χ3v) is 4.71. The van der Waals surface area contributed by atoms with E-state index < -0.39 is 0 Å². The molecule has 0 bridgehead atoms. The zero-order valence-corrected chi connectivity index (χ0v) is 13.6. The van der Waals surface area contributed by atoms with E-state index in [0.717, 1.165) is 12.0 Å². The molecule has 0 saturated carbocycles. The molecule has 118 valence electrons. The molecule has 1 aliphatic rings. The summed E-state index contributed by atoms with van der Waals surface area (Å²) in [6.07, 6.45) is 1.85. The monoisotopic (exact) mass is 340 g/mol. The van der Waals surface area contributed by atoms with Gasteiger partial charge in [-0.25, -0.2) is 4.39 Å². The maximum Gasteiger partial charge on any atom is 0.238 e. The molecule has 0 unspecified atom stereocenters. The zero-order valence-electron chi connectivity index (χ0n) is 12.0. The van der Waals surface area contributed by atoms with Crippen LogP contribution in [0.5, 0.6) is 0 Å². The summed E-state index contributed by atoms with van der Waals surface area (Å²) in [7, 11) is 0. The lowest BCUT2D eigenvalue weighted by molar-refractivity contribution is -0.124. The van der Waals surface area contributed by atoms with Gasteiger partial charge in [-0.1, -0.05) is 36.1 Å². The van der Waals surface area contributed by atoms with Gasteiger partial charge in [-0.05, 0) is 30.5 Å². The van der Waals surface area contributed by atoms with Crippen LogP contribution < -0.4 is 5.32 Å². The van der Waals surface area contributed by atoms with Crippen LogP contribution in [0, 0.1) is 5.82 Å². The first-order valence-corrected chi connectivity index (χ1v) is 8.44. The van der Waals surface area contributed by atoms with E-state index >= 15 is 0 Å². The molecule has 2 rings (SSSR count). The second-order valence-electron chi connectivity index (χ2n) is 4.96. The predicted octanol–water partition coefficient (Wildman–Crippen LogP) is 2.47. The normalized spacial score (nSPS) is 14.5. The standard InChI is InChI=1S/C15H17FN2O2S2/c16-12-6-4-11(5-7-12)9-17-13(19)3-1-2-8-18-14(20)10-22-15(18)21/h4-7H,1-3,8-10H2,(H,17,19). The van der Waals surface area contributed by atoms with E-state index in [4.69, 9.17) is 12.2 Å². The number of nitrogens with one attached hydrogen (secondary N) is 1. The Morgan fingerprint density at radius 2 is 2.05 bits per heavy atom. The molecular formula is C15H17FN2O2S2.